The van der Waals surface area contributed by atoms with Crippen molar-refractivity contribution in [2.75, 3.05) is 5.32 Å². The highest BCUT2D eigenvalue weighted by atomic mass is 19.1. The standard InChI is InChI=1S/C28H23FN8O/c1-28(2,3)27(38)33-18-10-16(12-30-13-18)21-11-19-22(14-32-21)36-37-24(19)26-34-20-8-9-31-23(25(20)35-26)15-4-6-17(29)7-5-15/h4-14H,1-3H3,(H,33,38)(H,34,35)(H,36,37). The fourth-order valence-corrected chi connectivity index (χ4v) is 4.09. The number of imidazole rings is 1. The predicted octanol–water partition coefficient (Wildman–Crippen LogP) is 5.75. The van der Waals surface area contributed by atoms with Gasteiger partial charge in [-0.3, -0.25) is 24.8 Å². The molecule has 188 valence electrons. The van der Waals surface area contributed by atoms with E-state index in [9.17, 15) is 9.18 Å². The van der Waals surface area contributed by atoms with Crippen LogP contribution in [0, 0.1) is 11.2 Å². The summed E-state index contributed by atoms with van der Waals surface area (Å²) < 4.78 is 13.5. The molecule has 0 radical (unpaired) electrons. The quantitative estimate of drug-likeness (QED) is 0.280. The first-order valence-corrected chi connectivity index (χ1v) is 12.0. The van der Waals surface area contributed by atoms with Gasteiger partial charge >= 0.3 is 0 Å². The van der Waals surface area contributed by atoms with Crippen molar-refractivity contribution >= 4 is 33.5 Å². The van der Waals surface area contributed by atoms with Gasteiger partial charge in [0.2, 0.25) is 5.91 Å². The van der Waals surface area contributed by atoms with Gasteiger partial charge in [-0.25, -0.2) is 9.37 Å². The number of nitrogens with one attached hydrogen (secondary N) is 3. The highest BCUT2D eigenvalue weighted by molar-refractivity contribution is 5.97. The number of pyridine rings is 3. The highest BCUT2D eigenvalue weighted by Crippen LogP contribution is 2.32. The Bertz CT molecular complexity index is 1820. The maximum atomic E-state index is 13.5. The number of hydrogen-bond acceptors (Lipinski definition) is 6. The maximum Gasteiger partial charge on any atom is 0.229 e. The predicted molar refractivity (Wildman–Crippen MR) is 143 cm³/mol. The van der Waals surface area contributed by atoms with Crippen LogP contribution in [0.3, 0.4) is 0 Å². The van der Waals surface area contributed by atoms with Crippen LogP contribution in [0.25, 0.3) is 56.0 Å². The molecule has 1 amide bonds. The number of carbonyl (C=O) groups excluding carboxylic acids is 1. The number of amides is 1. The van der Waals surface area contributed by atoms with Gasteiger partial charge in [-0.05, 0) is 42.5 Å². The molecular formula is C28H23FN8O. The van der Waals surface area contributed by atoms with Gasteiger partial charge < -0.3 is 10.3 Å². The molecule has 0 saturated heterocycles. The fraction of sp³-hybridized carbons (Fsp3) is 0.143. The van der Waals surface area contributed by atoms with E-state index in [-0.39, 0.29) is 11.7 Å². The molecule has 0 aliphatic carbocycles. The van der Waals surface area contributed by atoms with Gasteiger partial charge in [-0.1, -0.05) is 20.8 Å². The highest BCUT2D eigenvalue weighted by Gasteiger charge is 2.22. The number of hydrogen-bond donors (Lipinski definition) is 3. The van der Waals surface area contributed by atoms with Crippen molar-refractivity contribution in [1.29, 1.82) is 0 Å². The Morgan fingerprint density at radius 2 is 1.74 bits per heavy atom. The molecule has 0 aliphatic rings. The number of carbonyl (C=O) groups is 1. The second-order valence-electron chi connectivity index (χ2n) is 10.0. The summed E-state index contributed by atoms with van der Waals surface area (Å²) in [6, 6.07) is 11.7. The van der Waals surface area contributed by atoms with Crippen molar-refractivity contribution in [1.82, 2.24) is 35.1 Å². The van der Waals surface area contributed by atoms with Gasteiger partial charge in [0.15, 0.2) is 5.82 Å². The van der Waals surface area contributed by atoms with Crippen LogP contribution in [0.4, 0.5) is 10.1 Å². The van der Waals surface area contributed by atoms with Crippen molar-refractivity contribution in [2.45, 2.75) is 20.8 Å². The van der Waals surface area contributed by atoms with E-state index in [1.807, 2.05) is 39.0 Å². The fourth-order valence-electron chi connectivity index (χ4n) is 4.09. The molecule has 0 fully saturated rings. The van der Waals surface area contributed by atoms with Crippen molar-refractivity contribution in [3.8, 4) is 34.0 Å². The first-order chi connectivity index (χ1) is 18.3. The van der Waals surface area contributed by atoms with E-state index in [4.69, 9.17) is 4.98 Å². The van der Waals surface area contributed by atoms with Crippen molar-refractivity contribution < 1.29 is 9.18 Å². The molecule has 10 heteroatoms. The summed E-state index contributed by atoms with van der Waals surface area (Å²) in [7, 11) is 0. The SMILES string of the molecule is CC(C)(C)C(=O)Nc1cncc(-c2cc3c(-c4nc5c(-c6ccc(F)cc6)nccc5[nH]4)n[nH]c3cn2)c1. The van der Waals surface area contributed by atoms with Gasteiger partial charge in [0.25, 0.3) is 0 Å². The lowest BCUT2D eigenvalue weighted by Gasteiger charge is -2.17. The summed E-state index contributed by atoms with van der Waals surface area (Å²) in [5.74, 6) is 0.147. The maximum absolute atomic E-state index is 13.5. The third kappa shape index (κ3) is 4.26. The molecule has 0 spiro atoms. The molecule has 0 atom stereocenters. The topological polar surface area (TPSA) is 125 Å². The molecule has 0 bridgehead atoms. The van der Waals surface area contributed by atoms with E-state index in [0.717, 1.165) is 27.5 Å². The molecular weight excluding hydrogens is 483 g/mol. The number of nitrogens with zero attached hydrogens (tertiary/aromatic N) is 5. The Morgan fingerprint density at radius 3 is 2.53 bits per heavy atom. The minimum absolute atomic E-state index is 0.101. The summed E-state index contributed by atoms with van der Waals surface area (Å²) in [6.07, 6.45) is 6.69. The van der Waals surface area contributed by atoms with E-state index in [0.29, 0.717) is 34.1 Å². The molecule has 6 rings (SSSR count). The summed E-state index contributed by atoms with van der Waals surface area (Å²) in [6.45, 7) is 5.56. The van der Waals surface area contributed by atoms with Gasteiger partial charge in [0.1, 0.15) is 17.0 Å². The van der Waals surface area contributed by atoms with Crippen molar-refractivity contribution in [3.05, 3.63) is 73.1 Å². The number of fused-ring (bicyclic) bond motifs is 2. The smallest absolute Gasteiger partial charge is 0.229 e. The van der Waals surface area contributed by atoms with Crippen LogP contribution in [0.2, 0.25) is 0 Å². The third-order valence-electron chi connectivity index (χ3n) is 6.16. The third-order valence-corrected chi connectivity index (χ3v) is 6.16. The van der Waals surface area contributed by atoms with Crippen LogP contribution in [0.5, 0.6) is 0 Å². The van der Waals surface area contributed by atoms with Gasteiger partial charge in [0, 0.05) is 34.3 Å². The van der Waals surface area contributed by atoms with Crippen LogP contribution in [0.1, 0.15) is 20.8 Å². The van der Waals surface area contributed by atoms with E-state index in [1.54, 1.807) is 36.9 Å². The molecule has 1 aromatic carbocycles. The van der Waals surface area contributed by atoms with Crippen LogP contribution in [0.15, 0.2) is 67.3 Å². The van der Waals surface area contributed by atoms with Crippen LogP contribution in [-0.2, 0) is 4.79 Å². The lowest BCUT2D eigenvalue weighted by Crippen LogP contribution is -2.27. The Balaban J connectivity index is 1.39. The summed E-state index contributed by atoms with van der Waals surface area (Å²) in [5, 5.41) is 11.2. The lowest BCUT2D eigenvalue weighted by atomic mass is 9.95. The zero-order valence-electron chi connectivity index (χ0n) is 20.9. The number of H-pyrrole nitrogens is 2. The molecule has 3 N–H and O–H groups in total. The summed E-state index contributed by atoms with van der Waals surface area (Å²) >= 11 is 0. The van der Waals surface area contributed by atoms with Gasteiger partial charge in [-0.2, -0.15) is 5.10 Å². The zero-order valence-corrected chi connectivity index (χ0v) is 20.9. The van der Waals surface area contributed by atoms with Crippen LogP contribution >= 0.6 is 0 Å². The second kappa shape index (κ2) is 8.84. The van der Waals surface area contributed by atoms with Gasteiger partial charge in [-0.15, -0.1) is 0 Å². The van der Waals surface area contributed by atoms with Crippen LogP contribution in [-0.4, -0.2) is 41.0 Å². The first-order valence-electron chi connectivity index (χ1n) is 12.0. The average Bonchev–Trinajstić information content (AvgIpc) is 3.52. The summed E-state index contributed by atoms with van der Waals surface area (Å²) in [4.78, 5) is 33.9. The lowest BCUT2D eigenvalue weighted by molar-refractivity contribution is -0.123. The molecule has 0 aliphatic heterocycles. The number of benzene rings is 1. The minimum Gasteiger partial charge on any atom is -0.336 e. The Kier molecular flexibility index (Phi) is 5.45. The number of aromatic nitrogens is 7. The Labute approximate surface area is 216 Å². The molecule has 9 nitrogen and oxygen atoms in total. The normalized spacial score (nSPS) is 11.8. The molecule has 0 unspecified atom stereocenters. The molecule has 5 heterocycles. The molecule has 5 aromatic heterocycles. The average molecular weight is 507 g/mol. The monoisotopic (exact) mass is 506 g/mol. The molecule has 6 aromatic rings. The zero-order chi connectivity index (χ0) is 26.4. The Morgan fingerprint density at radius 1 is 0.921 bits per heavy atom. The van der Waals surface area contributed by atoms with E-state index in [2.05, 4.69) is 35.5 Å². The number of aromatic amines is 2. The molecule has 38 heavy (non-hydrogen) atoms. The summed E-state index contributed by atoms with van der Waals surface area (Å²) in [5.41, 5.74) is 5.69. The van der Waals surface area contributed by atoms with Gasteiger partial charge in [0.05, 0.1) is 40.5 Å². The number of halogens is 1. The number of rotatable bonds is 4. The van der Waals surface area contributed by atoms with E-state index in [1.165, 1.54) is 12.1 Å². The first kappa shape index (κ1) is 23.4. The number of anilines is 1. The largest absolute Gasteiger partial charge is 0.336 e. The van der Waals surface area contributed by atoms with E-state index < -0.39 is 5.41 Å². The minimum atomic E-state index is -0.530. The van der Waals surface area contributed by atoms with Crippen molar-refractivity contribution in [2.24, 2.45) is 5.41 Å². The van der Waals surface area contributed by atoms with Crippen LogP contribution < -0.4 is 5.32 Å². The second-order valence-corrected chi connectivity index (χ2v) is 10.0. The molecule has 0 saturated carbocycles. The van der Waals surface area contributed by atoms with Crippen molar-refractivity contribution in [3.63, 3.8) is 0 Å². The van der Waals surface area contributed by atoms with E-state index >= 15 is 0 Å². The Hall–Kier alpha value is -4.99.